The maximum Gasteiger partial charge on any atom is 0.0931 e. The monoisotopic (exact) mass is 277 g/mol. The fourth-order valence-electron chi connectivity index (χ4n) is 1.55. The summed E-state index contributed by atoms with van der Waals surface area (Å²) in [6.45, 7) is 5.43. The zero-order valence-electron chi connectivity index (χ0n) is 9.96. The summed E-state index contributed by atoms with van der Waals surface area (Å²) >= 11 is 9.67. The van der Waals surface area contributed by atoms with Crippen LogP contribution in [0.15, 0.2) is 12.1 Å². The van der Waals surface area contributed by atoms with E-state index in [4.69, 9.17) is 11.6 Å². The molecule has 0 spiro atoms. The lowest BCUT2D eigenvalue weighted by Gasteiger charge is -2.16. The van der Waals surface area contributed by atoms with Gasteiger partial charge in [0, 0.05) is 16.7 Å². The van der Waals surface area contributed by atoms with Gasteiger partial charge in [-0.15, -0.1) is 11.3 Å². The summed E-state index contributed by atoms with van der Waals surface area (Å²) < 4.78 is 0.895. The van der Waals surface area contributed by atoms with E-state index in [1.54, 1.807) is 11.3 Å². The van der Waals surface area contributed by atoms with Crippen molar-refractivity contribution in [2.45, 2.75) is 32.7 Å². The number of nitrogens with one attached hydrogen (secondary N) is 1. The maximum atomic E-state index is 5.94. The first-order chi connectivity index (χ1) is 7.76. The Morgan fingerprint density at radius 3 is 2.81 bits per heavy atom. The molecule has 0 aliphatic heterocycles. The van der Waals surface area contributed by atoms with Gasteiger partial charge in [0.15, 0.2) is 0 Å². The molecule has 0 amide bonds. The number of hydrogen-bond donors (Lipinski definition) is 1. The van der Waals surface area contributed by atoms with E-state index in [0.29, 0.717) is 6.04 Å². The molecule has 16 heavy (non-hydrogen) atoms. The third-order valence-corrected chi connectivity index (χ3v) is 4.83. The highest BCUT2D eigenvalue weighted by atomic mass is 35.5. The number of thiophene rings is 1. The molecule has 0 radical (unpaired) electrons. The largest absolute Gasteiger partial charge is 0.313 e. The molecule has 1 heterocycles. The van der Waals surface area contributed by atoms with Gasteiger partial charge in [0.05, 0.1) is 4.34 Å². The molecule has 1 nitrogen and oxygen atoms in total. The van der Waals surface area contributed by atoms with Gasteiger partial charge in [0.2, 0.25) is 0 Å². The fraction of sp³-hybridized carbons (Fsp3) is 0.667. The van der Waals surface area contributed by atoms with E-state index in [1.807, 2.05) is 17.8 Å². The summed E-state index contributed by atoms with van der Waals surface area (Å²) in [4.78, 5) is 1.38. The van der Waals surface area contributed by atoms with Crippen molar-refractivity contribution in [3.8, 4) is 0 Å². The van der Waals surface area contributed by atoms with Crippen LogP contribution in [0.25, 0.3) is 0 Å². The fourth-order valence-corrected chi connectivity index (χ4v) is 3.70. The van der Waals surface area contributed by atoms with Gasteiger partial charge in [-0.2, -0.15) is 11.8 Å². The van der Waals surface area contributed by atoms with E-state index < -0.39 is 0 Å². The summed E-state index contributed by atoms with van der Waals surface area (Å²) in [5.41, 5.74) is 0. The van der Waals surface area contributed by atoms with Crippen molar-refractivity contribution < 1.29 is 0 Å². The van der Waals surface area contributed by atoms with Crippen molar-refractivity contribution in [1.82, 2.24) is 5.32 Å². The van der Waals surface area contributed by atoms with E-state index in [1.165, 1.54) is 22.8 Å². The van der Waals surface area contributed by atoms with Crippen molar-refractivity contribution >= 4 is 34.7 Å². The number of rotatable bonds is 8. The molecule has 0 fully saturated rings. The predicted molar refractivity (Wildman–Crippen MR) is 78.1 cm³/mol. The number of likely N-dealkylation sites (N-methyl/N-ethyl adjacent to an activating group) is 1. The van der Waals surface area contributed by atoms with E-state index in [2.05, 4.69) is 25.2 Å². The maximum absolute atomic E-state index is 5.94. The summed E-state index contributed by atoms with van der Waals surface area (Å²) in [6.07, 6.45) is 2.36. The Morgan fingerprint density at radius 2 is 2.25 bits per heavy atom. The van der Waals surface area contributed by atoms with Crippen LogP contribution in [0.4, 0.5) is 0 Å². The molecule has 1 aromatic rings. The second kappa shape index (κ2) is 8.40. The zero-order chi connectivity index (χ0) is 11.8. The topological polar surface area (TPSA) is 12.0 Å². The SMILES string of the molecule is CCCSCC(Cc1ccc(Cl)s1)NCC. The Morgan fingerprint density at radius 1 is 1.44 bits per heavy atom. The van der Waals surface area contributed by atoms with Crippen LogP contribution in [0, 0.1) is 0 Å². The van der Waals surface area contributed by atoms with Crippen molar-refractivity contribution in [1.29, 1.82) is 0 Å². The number of thioether (sulfide) groups is 1. The molecule has 1 unspecified atom stereocenters. The van der Waals surface area contributed by atoms with Gasteiger partial charge in [0.25, 0.3) is 0 Å². The van der Waals surface area contributed by atoms with Gasteiger partial charge in [-0.3, -0.25) is 0 Å². The Bertz CT molecular complexity index is 288. The smallest absolute Gasteiger partial charge is 0.0931 e. The van der Waals surface area contributed by atoms with Gasteiger partial charge in [-0.1, -0.05) is 25.4 Å². The lowest BCUT2D eigenvalue weighted by atomic mass is 10.2. The molecule has 0 aliphatic carbocycles. The van der Waals surface area contributed by atoms with Gasteiger partial charge in [0.1, 0.15) is 0 Å². The molecule has 0 aromatic carbocycles. The van der Waals surface area contributed by atoms with Gasteiger partial charge >= 0.3 is 0 Å². The molecule has 92 valence electrons. The number of hydrogen-bond acceptors (Lipinski definition) is 3. The van der Waals surface area contributed by atoms with E-state index in [0.717, 1.165) is 17.3 Å². The molecular weight excluding hydrogens is 258 g/mol. The van der Waals surface area contributed by atoms with Crippen molar-refractivity contribution in [2.24, 2.45) is 0 Å². The van der Waals surface area contributed by atoms with Crippen molar-refractivity contribution in [3.05, 3.63) is 21.3 Å². The average Bonchev–Trinajstić information content (AvgIpc) is 2.65. The standard InChI is InChI=1S/C12H20ClNS2/c1-3-7-15-9-10(14-4-2)8-11-5-6-12(13)16-11/h5-6,10,14H,3-4,7-9H2,1-2H3. The first-order valence-electron chi connectivity index (χ1n) is 5.81. The molecule has 0 saturated heterocycles. The van der Waals surface area contributed by atoms with Crippen LogP contribution in [0.2, 0.25) is 4.34 Å². The molecule has 1 aromatic heterocycles. The van der Waals surface area contributed by atoms with E-state index in [-0.39, 0.29) is 0 Å². The summed E-state index contributed by atoms with van der Waals surface area (Å²) in [6, 6.07) is 4.71. The molecule has 4 heteroatoms. The van der Waals surface area contributed by atoms with Crippen LogP contribution >= 0.6 is 34.7 Å². The summed E-state index contributed by atoms with van der Waals surface area (Å²) in [5, 5.41) is 3.54. The highest BCUT2D eigenvalue weighted by Crippen LogP contribution is 2.23. The molecular formula is C12H20ClNS2. The minimum Gasteiger partial charge on any atom is -0.313 e. The van der Waals surface area contributed by atoms with Crippen LogP contribution in [0.1, 0.15) is 25.1 Å². The minimum atomic E-state index is 0.580. The molecule has 1 atom stereocenters. The van der Waals surface area contributed by atoms with Crippen LogP contribution in [0.5, 0.6) is 0 Å². The molecule has 1 rings (SSSR count). The average molecular weight is 278 g/mol. The molecule has 0 bridgehead atoms. The van der Waals surface area contributed by atoms with Crippen molar-refractivity contribution in [2.75, 3.05) is 18.1 Å². The second-order valence-electron chi connectivity index (χ2n) is 3.74. The zero-order valence-corrected chi connectivity index (χ0v) is 12.4. The Balaban J connectivity index is 2.37. The second-order valence-corrected chi connectivity index (χ2v) is 6.69. The van der Waals surface area contributed by atoms with Crippen LogP contribution in [0.3, 0.4) is 0 Å². The first-order valence-corrected chi connectivity index (χ1v) is 8.16. The molecule has 1 N–H and O–H groups in total. The van der Waals surface area contributed by atoms with Gasteiger partial charge in [-0.05, 0) is 37.3 Å². The quantitative estimate of drug-likeness (QED) is 0.719. The van der Waals surface area contributed by atoms with Crippen molar-refractivity contribution in [3.63, 3.8) is 0 Å². The first kappa shape index (κ1) is 14.4. The highest BCUT2D eigenvalue weighted by Gasteiger charge is 2.09. The van der Waals surface area contributed by atoms with Crippen LogP contribution in [-0.2, 0) is 6.42 Å². The lowest BCUT2D eigenvalue weighted by molar-refractivity contribution is 0.576. The Hall–Kier alpha value is 0.300. The molecule has 0 aliphatic rings. The summed E-state index contributed by atoms with van der Waals surface area (Å²) in [7, 11) is 0. The minimum absolute atomic E-state index is 0.580. The van der Waals surface area contributed by atoms with Crippen LogP contribution in [-0.4, -0.2) is 24.1 Å². The lowest BCUT2D eigenvalue weighted by Crippen LogP contribution is -2.33. The van der Waals surface area contributed by atoms with Crippen LogP contribution < -0.4 is 5.32 Å². The Kier molecular flexibility index (Phi) is 7.54. The third-order valence-electron chi connectivity index (χ3n) is 2.24. The normalized spacial score (nSPS) is 12.9. The third kappa shape index (κ3) is 5.58. The summed E-state index contributed by atoms with van der Waals surface area (Å²) in [5.74, 6) is 2.45. The predicted octanol–water partition coefficient (Wildman–Crippen LogP) is 4.07. The Labute approximate surface area is 112 Å². The van der Waals surface area contributed by atoms with Gasteiger partial charge < -0.3 is 5.32 Å². The number of halogens is 1. The highest BCUT2D eigenvalue weighted by molar-refractivity contribution is 7.99. The van der Waals surface area contributed by atoms with E-state index >= 15 is 0 Å². The van der Waals surface area contributed by atoms with E-state index in [9.17, 15) is 0 Å². The molecule has 0 saturated carbocycles. The van der Waals surface area contributed by atoms with Gasteiger partial charge in [-0.25, -0.2) is 0 Å².